The van der Waals surface area contributed by atoms with Crippen molar-refractivity contribution in [3.8, 4) is 33.4 Å². The summed E-state index contributed by atoms with van der Waals surface area (Å²) in [6, 6.07) is 17.0. The molecule has 0 amide bonds. The monoisotopic (exact) mass is 428 g/mol. The molecule has 0 aromatic heterocycles. The number of halogens is 5. The van der Waals surface area contributed by atoms with Crippen molar-refractivity contribution in [2.45, 2.75) is 4.90 Å². The highest BCUT2D eigenvalue weighted by molar-refractivity contribution is 7.80. The van der Waals surface area contributed by atoms with Crippen molar-refractivity contribution < 1.29 is 22.0 Å². The number of hydrogen-bond acceptors (Lipinski definition) is 1. The summed E-state index contributed by atoms with van der Waals surface area (Å²) in [4.78, 5) is 0.785. The van der Waals surface area contributed by atoms with Crippen LogP contribution in [-0.2, 0) is 0 Å². The van der Waals surface area contributed by atoms with Gasteiger partial charge in [0, 0.05) is 16.0 Å². The maximum atomic E-state index is 14.7. The van der Waals surface area contributed by atoms with Crippen LogP contribution in [-0.4, -0.2) is 0 Å². The summed E-state index contributed by atoms with van der Waals surface area (Å²) in [6.45, 7) is 0. The van der Waals surface area contributed by atoms with Crippen molar-refractivity contribution in [2.24, 2.45) is 0 Å². The molecular weight excluding hydrogens is 415 g/mol. The number of thiol groups is 1. The van der Waals surface area contributed by atoms with Crippen LogP contribution >= 0.6 is 12.6 Å². The molecule has 0 spiro atoms. The molecule has 0 atom stereocenters. The van der Waals surface area contributed by atoms with E-state index in [0.29, 0.717) is 17.7 Å². The van der Waals surface area contributed by atoms with Gasteiger partial charge in [0.25, 0.3) is 0 Å². The Morgan fingerprint density at radius 3 is 1.43 bits per heavy atom. The Kier molecular flexibility index (Phi) is 5.35. The molecule has 0 aliphatic heterocycles. The molecule has 4 aromatic rings. The van der Waals surface area contributed by atoms with E-state index in [0.717, 1.165) is 16.5 Å². The highest BCUT2D eigenvalue weighted by atomic mass is 32.1. The molecule has 0 aliphatic rings. The van der Waals surface area contributed by atoms with Crippen LogP contribution in [0, 0.1) is 29.1 Å². The number of hydrogen-bond donors (Lipinski definition) is 1. The molecule has 0 N–H and O–H groups in total. The number of rotatable bonds is 3. The zero-order valence-electron chi connectivity index (χ0n) is 15.3. The first kappa shape index (κ1) is 20.2. The molecule has 0 heterocycles. The topological polar surface area (TPSA) is 0 Å². The van der Waals surface area contributed by atoms with E-state index in [1.807, 2.05) is 12.1 Å². The van der Waals surface area contributed by atoms with E-state index in [1.165, 1.54) is 24.3 Å². The van der Waals surface area contributed by atoms with Gasteiger partial charge in [0.05, 0.1) is 0 Å². The van der Waals surface area contributed by atoms with Gasteiger partial charge in [-0.2, -0.15) is 0 Å². The van der Waals surface area contributed by atoms with Gasteiger partial charge in [0.2, 0.25) is 0 Å². The van der Waals surface area contributed by atoms with Gasteiger partial charge in [-0.25, -0.2) is 22.0 Å². The minimum atomic E-state index is -1.62. The fourth-order valence-corrected chi connectivity index (χ4v) is 3.36. The summed E-state index contributed by atoms with van der Waals surface area (Å²) >= 11 is 4.22. The van der Waals surface area contributed by atoms with E-state index in [2.05, 4.69) is 12.6 Å². The van der Waals surface area contributed by atoms with E-state index in [1.54, 1.807) is 18.2 Å². The first-order valence-corrected chi connectivity index (χ1v) is 9.32. The highest BCUT2D eigenvalue weighted by Gasteiger charge is 2.15. The summed E-state index contributed by atoms with van der Waals surface area (Å²) in [5.74, 6) is -5.82. The largest absolute Gasteiger partial charge is 0.206 e. The zero-order valence-corrected chi connectivity index (χ0v) is 16.2. The molecule has 0 nitrogen and oxygen atoms in total. The molecule has 0 aliphatic carbocycles. The van der Waals surface area contributed by atoms with Gasteiger partial charge >= 0.3 is 0 Å². The fraction of sp³-hybridized carbons (Fsp3) is 0. The van der Waals surface area contributed by atoms with E-state index in [9.17, 15) is 22.0 Å². The van der Waals surface area contributed by atoms with Crippen molar-refractivity contribution in [2.75, 3.05) is 0 Å². The highest BCUT2D eigenvalue weighted by Crippen LogP contribution is 2.32. The molecular formula is C24H13F5S. The lowest BCUT2D eigenvalue weighted by molar-refractivity contribution is 0.447. The molecule has 0 bridgehead atoms. The van der Waals surface area contributed by atoms with Crippen molar-refractivity contribution in [3.05, 3.63) is 102 Å². The minimum absolute atomic E-state index is 0.125. The maximum Gasteiger partial charge on any atom is 0.194 e. The van der Waals surface area contributed by atoms with Gasteiger partial charge in [-0.1, -0.05) is 36.4 Å². The molecule has 150 valence electrons. The molecule has 0 saturated carbocycles. The van der Waals surface area contributed by atoms with Crippen molar-refractivity contribution in [1.82, 2.24) is 0 Å². The first-order valence-electron chi connectivity index (χ1n) is 8.87. The van der Waals surface area contributed by atoms with Crippen molar-refractivity contribution in [3.63, 3.8) is 0 Å². The molecule has 4 aromatic carbocycles. The summed E-state index contributed by atoms with van der Waals surface area (Å²) in [7, 11) is 0. The van der Waals surface area contributed by atoms with E-state index < -0.39 is 29.1 Å². The Morgan fingerprint density at radius 1 is 0.433 bits per heavy atom. The van der Waals surface area contributed by atoms with Gasteiger partial charge in [0.15, 0.2) is 17.5 Å². The Balaban J connectivity index is 1.70. The van der Waals surface area contributed by atoms with Crippen LogP contribution in [0.15, 0.2) is 77.7 Å². The second kappa shape index (κ2) is 7.95. The average Bonchev–Trinajstić information content (AvgIpc) is 2.72. The SMILES string of the molecule is Fc1cc(-c2ccc(S)cc2)ccc1-c1ccc(-c2cc(F)c(F)c(F)c2)c(F)c1. The third-order valence-corrected chi connectivity index (χ3v) is 5.04. The molecule has 4 rings (SSSR count). The minimum Gasteiger partial charge on any atom is -0.206 e. The third kappa shape index (κ3) is 3.83. The number of benzene rings is 4. The Labute approximate surface area is 175 Å². The van der Waals surface area contributed by atoms with Crippen LogP contribution in [0.5, 0.6) is 0 Å². The molecule has 0 radical (unpaired) electrons. The van der Waals surface area contributed by atoms with Crippen LogP contribution in [0.1, 0.15) is 0 Å². The normalized spacial score (nSPS) is 11.0. The molecule has 0 saturated heterocycles. The molecule has 30 heavy (non-hydrogen) atoms. The van der Waals surface area contributed by atoms with Crippen LogP contribution in [0.2, 0.25) is 0 Å². The summed E-state index contributed by atoms with van der Waals surface area (Å²) in [5, 5.41) is 0. The van der Waals surface area contributed by atoms with Gasteiger partial charge in [0.1, 0.15) is 11.6 Å². The lowest BCUT2D eigenvalue weighted by Gasteiger charge is -2.10. The molecule has 0 fully saturated rings. The summed E-state index contributed by atoms with van der Waals surface area (Å²) in [5.41, 5.74) is 1.61. The fourth-order valence-electron chi connectivity index (χ4n) is 3.21. The maximum absolute atomic E-state index is 14.7. The average molecular weight is 428 g/mol. The first-order chi connectivity index (χ1) is 14.3. The van der Waals surface area contributed by atoms with Crippen LogP contribution < -0.4 is 0 Å². The second-order valence-corrected chi connectivity index (χ2v) is 7.21. The standard InChI is InChI=1S/C24H13F5S/c25-20-9-14(13-1-5-17(30)6-2-13)3-7-18(20)15-4-8-19(21(26)10-15)16-11-22(27)24(29)23(28)12-16/h1-12,30H. The van der Waals surface area contributed by atoms with Gasteiger partial charge in [-0.05, 0) is 58.7 Å². The Hall–Kier alpha value is -3.12. The van der Waals surface area contributed by atoms with Gasteiger partial charge in [-0.3, -0.25) is 0 Å². The lowest BCUT2D eigenvalue weighted by Crippen LogP contribution is -1.94. The van der Waals surface area contributed by atoms with Crippen LogP contribution in [0.25, 0.3) is 33.4 Å². The predicted octanol–water partition coefficient (Wildman–Crippen LogP) is 7.67. The molecule has 0 unspecified atom stereocenters. The van der Waals surface area contributed by atoms with Crippen LogP contribution in [0.3, 0.4) is 0 Å². The predicted molar refractivity (Wildman–Crippen MR) is 110 cm³/mol. The van der Waals surface area contributed by atoms with Crippen molar-refractivity contribution in [1.29, 1.82) is 0 Å². The Bertz CT molecular complexity index is 1230. The van der Waals surface area contributed by atoms with Crippen molar-refractivity contribution >= 4 is 12.6 Å². The van der Waals surface area contributed by atoms with Gasteiger partial charge in [-0.15, -0.1) is 12.6 Å². The zero-order chi connectivity index (χ0) is 21.4. The second-order valence-electron chi connectivity index (χ2n) is 6.69. The van der Waals surface area contributed by atoms with Gasteiger partial charge < -0.3 is 0 Å². The summed E-state index contributed by atoms with van der Waals surface area (Å²) in [6.07, 6.45) is 0. The smallest absolute Gasteiger partial charge is 0.194 e. The van der Waals surface area contributed by atoms with E-state index in [4.69, 9.17) is 0 Å². The van der Waals surface area contributed by atoms with Crippen LogP contribution in [0.4, 0.5) is 22.0 Å². The van der Waals surface area contributed by atoms with E-state index >= 15 is 0 Å². The quantitative estimate of drug-likeness (QED) is 0.193. The Morgan fingerprint density at radius 2 is 0.867 bits per heavy atom. The molecule has 6 heteroatoms. The summed E-state index contributed by atoms with van der Waals surface area (Å²) < 4.78 is 69.4. The lowest BCUT2D eigenvalue weighted by atomic mass is 9.97. The van der Waals surface area contributed by atoms with E-state index in [-0.39, 0.29) is 22.3 Å². The third-order valence-electron chi connectivity index (χ3n) is 4.74.